The van der Waals surface area contributed by atoms with Crippen LogP contribution in [-0.2, 0) is 12.3 Å². The minimum Gasteiger partial charge on any atom is -0.283 e. The molecular weight excluding hydrogens is 336 g/mol. The van der Waals surface area contributed by atoms with Crippen LogP contribution in [0.1, 0.15) is 21.6 Å². The van der Waals surface area contributed by atoms with Gasteiger partial charge < -0.3 is 0 Å². The molecule has 0 aliphatic heterocycles. The van der Waals surface area contributed by atoms with Gasteiger partial charge in [-0.3, -0.25) is 9.36 Å². The van der Waals surface area contributed by atoms with E-state index in [0.29, 0.717) is 6.54 Å². The molecule has 124 valence electrons. The molecule has 0 aliphatic rings. The fourth-order valence-electron chi connectivity index (χ4n) is 2.66. The first kappa shape index (κ1) is 17.0. The zero-order valence-electron chi connectivity index (χ0n) is 14.1. The molecule has 0 bridgehead atoms. The molecule has 5 heteroatoms. The zero-order valence-corrected chi connectivity index (χ0v) is 15.8. The maximum Gasteiger partial charge on any atom is 0.263 e. The van der Waals surface area contributed by atoms with Crippen molar-refractivity contribution in [3.05, 3.63) is 68.8 Å². The third-order valence-electron chi connectivity index (χ3n) is 4.02. The lowest BCUT2D eigenvalue weighted by atomic mass is 10.2. The van der Waals surface area contributed by atoms with Crippen LogP contribution in [0.5, 0.6) is 0 Å². The summed E-state index contributed by atoms with van der Waals surface area (Å²) in [5.41, 5.74) is 3.55. The zero-order chi connectivity index (χ0) is 17.3. The van der Waals surface area contributed by atoms with E-state index >= 15 is 0 Å². The molecular formula is C19H20N2OS2. The van der Waals surface area contributed by atoms with Crippen molar-refractivity contribution in [3.63, 3.8) is 0 Å². The van der Waals surface area contributed by atoms with Crippen LogP contribution >= 0.6 is 23.1 Å². The highest BCUT2D eigenvalue weighted by molar-refractivity contribution is 7.98. The highest BCUT2D eigenvalue weighted by Gasteiger charge is 2.16. The Balaban J connectivity index is 2.04. The molecule has 0 fully saturated rings. The van der Waals surface area contributed by atoms with Crippen molar-refractivity contribution in [1.29, 1.82) is 0 Å². The van der Waals surface area contributed by atoms with Gasteiger partial charge in [-0.15, -0.1) is 17.9 Å². The summed E-state index contributed by atoms with van der Waals surface area (Å²) < 4.78 is 1.73. The normalized spacial score (nSPS) is 11.1. The van der Waals surface area contributed by atoms with E-state index in [1.807, 2.05) is 13.8 Å². The maximum absolute atomic E-state index is 12.9. The highest BCUT2D eigenvalue weighted by atomic mass is 32.2. The summed E-state index contributed by atoms with van der Waals surface area (Å²) in [5, 5.41) is 1.51. The van der Waals surface area contributed by atoms with Gasteiger partial charge >= 0.3 is 0 Å². The topological polar surface area (TPSA) is 34.9 Å². The largest absolute Gasteiger partial charge is 0.283 e. The Hall–Kier alpha value is -1.85. The number of hydrogen-bond acceptors (Lipinski definition) is 4. The number of thiophene rings is 1. The molecule has 0 spiro atoms. The van der Waals surface area contributed by atoms with Crippen molar-refractivity contribution < 1.29 is 0 Å². The second kappa shape index (κ2) is 6.95. The van der Waals surface area contributed by atoms with Gasteiger partial charge in [0.1, 0.15) is 4.83 Å². The number of thioether (sulfide) groups is 1. The quantitative estimate of drug-likeness (QED) is 0.372. The number of benzene rings is 1. The fourth-order valence-corrected chi connectivity index (χ4v) is 4.68. The first-order valence-electron chi connectivity index (χ1n) is 7.81. The fraction of sp³-hybridized carbons (Fsp3) is 0.263. The Morgan fingerprint density at radius 2 is 2.12 bits per heavy atom. The molecule has 0 radical (unpaired) electrons. The Kier molecular flexibility index (Phi) is 4.92. The lowest BCUT2D eigenvalue weighted by molar-refractivity contribution is 0.672. The summed E-state index contributed by atoms with van der Waals surface area (Å²) in [6.45, 7) is 10.4. The van der Waals surface area contributed by atoms with Gasteiger partial charge in [-0.2, -0.15) is 0 Å². The molecule has 1 aromatic carbocycles. The standard InChI is InChI=1S/C19H20N2OS2/c1-5-9-21-18(22)16-13(3)14(4)24-17(16)20-19(21)23-11-15-8-6-7-12(2)10-15/h5-8,10H,1,9,11H2,2-4H3. The number of aryl methyl sites for hydroxylation is 3. The number of aromatic nitrogens is 2. The number of rotatable bonds is 5. The van der Waals surface area contributed by atoms with Crippen molar-refractivity contribution >= 4 is 33.3 Å². The summed E-state index contributed by atoms with van der Waals surface area (Å²) in [5.74, 6) is 0.792. The summed E-state index contributed by atoms with van der Waals surface area (Å²) in [4.78, 5) is 19.7. The van der Waals surface area contributed by atoms with E-state index in [9.17, 15) is 4.79 Å². The van der Waals surface area contributed by atoms with Crippen LogP contribution in [0.25, 0.3) is 10.2 Å². The Morgan fingerprint density at radius 3 is 2.83 bits per heavy atom. The lowest BCUT2D eigenvalue weighted by Crippen LogP contribution is -2.22. The molecule has 0 saturated heterocycles. The molecule has 3 nitrogen and oxygen atoms in total. The molecule has 0 atom stereocenters. The number of hydrogen-bond donors (Lipinski definition) is 0. The average Bonchev–Trinajstić information content (AvgIpc) is 2.83. The maximum atomic E-state index is 12.9. The van der Waals surface area contributed by atoms with Crippen LogP contribution in [0.3, 0.4) is 0 Å². The van der Waals surface area contributed by atoms with Gasteiger partial charge in [0, 0.05) is 17.2 Å². The van der Waals surface area contributed by atoms with Gasteiger partial charge in [-0.25, -0.2) is 4.98 Å². The van der Waals surface area contributed by atoms with Crippen LogP contribution in [0.2, 0.25) is 0 Å². The Morgan fingerprint density at radius 1 is 1.33 bits per heavy atom. The molecule has 3 rings (SSSR count). The Bertz CT molecular complexity index is 969. The Labute approximate surface area is 150 Å². The molecule has 2 heterocycles. The lowest BCUT2D eigenvalue weighted by Gasteiger charge is -2.10. The number of fused-ring (bicyclic) bond motifs is 1. The molecule has 2 aromatic heterocycles. The summed E-state index contributed by atoms with van der Waals surface area (Å²) in [7, 11) is 0. The minimum absolute atomic E-state index is 0.0356. The van der Waals surface area contributed by atoms with Gasteiger partial charge in [-0.05, 0) is 31.9 Å². The molecule has 3 aromatic rings. The van der Waals surface area contributed by atoms with Crippen LogP contribution in [0.4, 0.5) is 0 Å². The summed E-state index contributed by atoms with van der Waals surface area (Å²) in [6.07, 6.45) is 1.75. The molecule has 0 amide bonds. The number of allylic oxidation sites excluding steroid dienone is 1. The second-order valence-corrected chi connectivity index (χ2v) is 7.99. The predicted octanol–water partition coefficient (Wildman–Crippen LogP) is 4.86. The van der Waals surface area contributed by atoms with E-state index in [1.54, 1.807) is 33.7 Å². The summed E-state index contributed by atoms with van der Waals surface area (Å²) in [6, 6.07) is 8.42. The molecule has 0 aliphatic carbocycles. The van der Waals surface area contributed by atoms with E-state index < -0.39 is 0 Å². The van der Waals surface area contributed by atoms with Crippen molar-refractivity contribution in [3.8, 4) is 0 Å². The molecule has 0 unspecified atom stereocenters. The third kappa shape index (κ3) is 3.19. The molecule has 24 heavy (non-hydrogen) atoms. The van der Waals surface area contributed by atoms with Gasteiger partial charge in [0.2, 0.25) is 0 Å². The van der Waals surface area contributed by atoms with Crippen LogP contribution < -0.4 is 5.56 Å². The van der Waals surface area contributed by atoms with Crippen LogP contribution in [-0.4, -0.2) is 9.55 Å². The van der Waals surface area contributed by atoms with Crippen molar-refractivity contribution in [2.75, 3.05) is 0 Å². The average molecular weight is 357 g/mol. The second-order valence-electron chi connectivity index (χ2n) is 5.84. The van der Waals surface area contributed by atoms with E-state index in [-0.39, 0.29) is 5.56 Å². The van der Waals surface area contributed by atoms with Crippen molar-refractivity contribution in [2.45, 2.75) is 38.2 Å². The van der Waals surface area contributed by atoms with E-state index in [2.05, 4.69) is 37.8 Å². The predicted molar refractivity (Wildman–Crippen MR) is 104 cm³/mol. The van der Waals surface area contributed by atoms with Crippen LogP contribution in [0, 0.1) is 20.8 Å². The van der Waals surface area contributed by atoms with Crippen molar-refractivity contribution in [1.82, 2.24) is 9.55 Å². The van der Waals surface area contributed by atoms with Gasteiger partial charge in [-0.1, -0.05) is 47.7 Å². The van der Waals surface area contributed by atoms with Crippen LogP contribution in [0.15, 0.2) is 46.9 Å². The smallest absolute Gasteiger partial charge is 0.263 e. The van der Waals surface area contributed by atoms with Gasteiger partial charge in [0.05, 0.1) is 5.39 Å². The monoisotopic (exact) mass is 356 g/mol. The SMILES string of the molecule is C=CCn1c(SCc2cccc(C)c2)nc2sc(C)c(C)c2c1=O. The van der Waals surface area contributed by atoms with Gasteiger partial charge in [0.25, 0.3) is 5.56 Å². The summed E-state index contributed by atoms with van der Waals surface area (Å²) >= 11 is 3.20. The first-order chi connectivity index (χ1) is 11.5. The highest BCUT2D eigenvalue weighted by Crippen LogP contribution is 2.29. The van der Waals surface area contributed by atoms with E-state index in [0.717, 1.165) is 31.6 Å². The molecule has 0 saturated carbocycles. The first-order valence-corrected chi connectivity index (χ1v) is 9.61. The third-order valence-corrected chi connectivity index (χ3v) is 6.16. The van der Waals surface area contributed by atoms with E-state index in [1.165, 1.54) is 11.1 Å². The minimum atomic E-state index is 0.0356. The van der Waals surface area contributed by atoms with Crippen molar-refractivity contribution in [2.24, 2.45) is 0 Å². The molecule has 0 N–H and O–H groups in total. The van der Waals surface area contributed by atoms with Gasteiger partial charge in [0.15, 0.2) is 5.16 Å². The van der Waals surface area contributed by atoms with E-state index in [4.69, 9.17) is 4.98 Å². The number of nitrogens with zero attached hydrogens (tertiary/aromatic N) is 2.